The summed E-state index contributed by atoms with van der Waals surface area (Å²) in [6.45, 7) is 3.83. The molecule has 7 N–H and O–H groups in total. The number of benzene rings is 2. The van der Waals surface area contributed by atoms with Crippen LogP contribution in [0.1, 0.15) is 50.2 Å². The molecule has 1 amide bonds. The molecule has 204 valence electrons. The van der Waals surface area contributed by atoms with E-state index in [0.717, 1.165) is 27.3 Å². The van der Waals surface area contributed by atoms with Crippen molar-refractivity contribution in [1.29, 1.82) is 5.41 Å². The number of fused-ring (bicyclic) bond motifs is 3. The van der Waals surface area contributed by atoms with Gasteiger partial charge in [0.1, 0.15) is 18.7 Å². The van der Waals surface area contributed by atoms with Crippen LogP contribution in [0.25, 0.3) is 11.1 Å². The first-order valence-electron chi connectivity index (χ1n) is 12.5. The minimum atomic E-state index is -1.34. The van der Waals surface area contributed by atoms with E-state index in [2.05, 4.69) is 10.7 Å². The van der Waals surface area contributed by atoms with Gasteiger partial charge < -0.3 is 26.0 Å². The van der Waals surface area contributed by atoms with E-state index in [0.29, 0.717) is 6.42 Å². The summed E-state index contributed by atoms with van der Waals surface area (Å²) in [4.78, 5) is 37.5. The van der Waals surface area contributed by atoms with Gasteiger partial charge in [-0.1, -0.05) is 62.4 Å². The van der Waals surface area contributed by atoms with E-state index < -0.39 is 30.1 Å². The summed E-state index contributed by atoms with van der Waals surface area (Å²) in [5.74, 6) is -3.10. The summed E-state index contributed by atoms with van der Waals surface area (Å²) in [6.07, 6.45) is -0.515. The highest BCUT2D eigenvalue weighted by Crippen LogP contribution is 2.44. The molecule has 11 nitrogen and oxygen atoms in total. The predicted molar refractivity (Wildman–Crippen MR) is 141 cm³/mol. The lowest BCUT2D eigenvalue weighted by Crippen LogP contribution is -2.58. The van der Waals surface area contributed by atoms with Gasteiger partial charge in [0.05, 0.1) is 0 Å². The maximum absolute atomic E-state index is 13.4. The van der Waals surface area contributed by atoms with E-state index in [1.54, 1.807) is 0 Å². The Balaban J connectivity index is 1.81. The first-order valence-corrected chi connectivity index (χ1v) is 12.5. The van der Waals surface area contributed by atoms with Crippen LogP contribution in [-0.4, -0.2) is 64.4 Å². The van der Waals surface area contributed by atoms with Gasteiger partial charge in [-0.25, -0.2) is 20.0 Å². The maximum Gasteiger partial charge on any atom is 0.425 e. The molecule has 0 radical (unpaired) electrons. The highest BCUT2D eigenvalue weighted by atomic mass is 16.6. The molecule has 0 bridgehead atoms. The average Bonchev–Trinajstić information content (AvgIpc) is 3.19. The van der Waals surface area contributed by atoms with Gasteiger partial charge in [-0.05, 0) is 47.4 Å². The van der Waals surface area contributed by atoms with Crippen LogP contribution >= 0.6 is 0 Å². The molecule has 0 heterocycles. The van der Waals surface area contributed by atoms with Gasteiger partial charge in [0.25, 0.3) is 0 Å². The van der Waals surface area contributed by atoms with Crippen molar-refractivity contribution in [2.45, 2.75) is 51.1 Å². The zero-order valence-corrected chi connectivity index (χ0v) is 21.5. The van der Waals surface area contributed by atoms with Gasteiger partial charge in [-0.15, -0.1) is 0 Å². The predicted octanol–water partition coefficient (Wildman–Crippen LogP) is 2.96. The minimum absolute atomic E-state index is 0.0423. The number of hydrogen-bond acceptors (Lipinski definition) is 6. The fourth-order valence-corrected chi connectivity index (χ4v) is 4.64. The number of ether oxygens (including phenoxy) is 1. The van der Waals surface area contributed by atoms with E-state index >= 15 is 0 Å². The van der Waals surface area contributed by atoms with Crippen LogP contribution in [0.5, 0.6) is 0 Å². The number of nitrogens with one attached hydrogen (secondary N) is 3. The first-order chi connectivity index (χ1) is 18.1. The van der Waals surface area contributed by atoms with E-state index in [1.165, 1.54) is 0 Å². The Morgan fingerprint density at radius 3 is 2.11 bits per heavy atom. The molecule has 0 saturated carbocycles. The quantitative estimate of drug-likeness (QED) is 0.0992. The highest BCUT2D eigenvalue weighted by molar-refractivity contribution is 5.81. The second kappa shape index (κ2) is 12.9. The van der Waals surface area contributed by atoms with Crippen LogP contribution in [-0.2, 0) is 14.3 Å². The maximum atomic E-state index is 13.4. The molecule has 1 aliphatic carbocycles. The first kappa shape index (κ1) is 28.5. The van der Waals surface area contributed by atoms with E-state index in [9.17, 15) is 24.6 Å². The van der Waals surface area contributed by atoms with Crippen LogP contribution in [0.3, 0.4) is 0 Å². The molecule has 3 rings (SSSR count). The average molecular weight is 526 g/mol. The normalized spacial score (nSPS) is 13.8. The fraction of sp³-hybridized carbons (Fsp3) is 0.407. The van der Waals surface area contributed by atoms with Crippen molar-refractivity contribution in [2.75, 3.05) is 13.2 Å². The molecule has 0 unspecified atom stereocenters. The molecule has 2 aromatic carbocycles. The molecule has 2 atom stereocenters. The van der Waals surface area contributed by atoms with Gasteiger partial charge >= 0.3 is 18.0 Å². The molecule has 0 aliphatic heterocycles. The van der Waals surface area contributed by atoms with Crippen molar-refractivity contribution in [3.8, 4) is 11.1 Å². The third-order valence-electron chi connectivity index (χ3n) is 6.40. The van der Waals surface area contributed by atoms with Crippen molar-refractivity contribution in [1.82, 2.24) is 15.8 Å². The van der Waals surface area contributed by atoms with Gasteiger partial charge in [0, 0.05) is 12.5 Å². The van der Waals surface area contributed by atoms with Crippen LogP contribution in [0.2, 0.25) is 0 Å². The number of nitrogens with zero attached hydrogens (tertiary/aromatic N) is 1. The zero-order valence-electron chi connectivity index (χ0n) is 21.5. The minimum Gasteiger partial charge on any atom is -0.480 e. The SMILES string of the molecule is CC(C)C[C@@H](C(=O)O)N(N[C@@H](CCCNC(=N)N)C(=O)O)C(=O)OCC1c2ccccc2-c2ccccc21. The lowest BCUT2D eigenvalue weighted by Gasteiger charge is -2.32. The Bertz CT molecular complexity index is 1120. The molecule has 0 fully saturated rings. The Morgan fingerprint density at radius 1 is 1.03 bits per heavy atom. The molecule has 1 aliphatic rings. The summed E-state index contributed by atoms with van der Waals surface area (Å²) in [5.41, 5.74) is 12.0. The smallest absolute Gasteiger partial charge is 0.425 e. The summed E-state index contributed by atoms with van der Waals surface area (Å²) in [6, 6.07) is 13.0. The lowest BCUT2D eigenvalue weighted by atomic mass is 9.98. The summed E-state index contributed by atoms with van der Waals surface area (Å²) < 4.78 is 5.66. The number of aliphatic carboxylic acids is 2. The molecule has 0 saturated heterocycles. The number of amides is 1. The summed E-state index contributed by atoms with van der Waals surface area (Å²) >= 11 is 0. The molecule has 38 heavy (non-hydrogen) atoms. The van der Waals surface area contributed by atoms with E-state index in [-0.39, 0.29) is 43.8 Å². The summed E-state index contributed by atoms with van der Waals surface area (Å²) in [5, 5.41) is 30.3. The lowest BCUT2D eigenvalue weighted by molar-refractivity contribution is -0.148. The third-order valence-corrected chi connectivity index (χ3v) is 6.40. The van der Waals surface area contributed by atoms with Crippen LogP contribution in [0.4, 0.5) is 4.79 Å². The fourth-order valence-electron chi connectivity index (χ4n) is 4.64. The molecule has 11 heteroatoms. The number of rotatable bonds is 13. The van der Waals surface area contributed by atoms with Gasteiger partial charge in [0.15, 0.2) is 5.96 Å². The Hall–Kier alpha value is -4.12. The molecule has 0 spiro atoms. The van der Waals surface area contributed by atoms with Crippen LogP contribution in [0, 0.1) is 11.3 Å². The number of hydrazine groups is 1. The molecular formula is C27H35N5O6. The molecular weight excluding hydrogens is 490 g/mol. The number of nitrogens with two attached hydrogens (primary N) is 1. The van der Waals surface area contributed by atoms with Gasteiger partial charge in [-0.3, -0.25) is 10.2 Å². The molecule has 0 aromatic heterocycles. The Labute approximate surface area is 221 Å². The number of hydrogen-bond donors (Lipinski definition) is 6. The number of carboxylic acid groups (broad SMARTS) is 2. The Kier molecular flexibility index (Phi) is 9.66. The number of carbonyl (C=O) groups is 3. The van der Waals surface area contributed by atoms with Gasteiger partial charge in [0.2, 0.25) is 0 Å². The van der Waals surface area contributed by atoms with Crippen LogP contribution in [0.15, 0.2) is 48.5 Å². The number of carboxylic acids is 2. The highest BCUT2D eigenvalue weighted by Gasteiger charge is 2.36. The number of carbonyl (C=O) groups excluding carboxylic acids is 1. The third kappa shape index (κ3) is 7.00. The second-order valence-electron chi connectivity index (χ2n) is 9.66. The van der Waals surface area contributed by atoms with Crippen molar-refractivity contribution in [3.63, 3.8) is 0 Å². The van der Waals surface area contributed by atoms with Crippen molar-refractivity contribution < 1.29 is 29.3 Å². The van der Waals surface area contributed by atoms with E-state index in [1.807, 2.05) is 62.4 Å². The number of guanidine groups is 1. The molecule has 2 aromatic rings. The monoisotopic (exact) mass is 525 g/mol. The largest absolute Gasteiger partial charge is 0.480 e. The van der Waals surface area contributed by atoms with Gasteiger partial charge in [-0.2, -0.15) is 0 Å². The van der Waals surface area contributed by atoms with E-state index in [4.69, 9.17) is 15.9 Å². The van der Waals surface area contributed by atoms with Crippen molar-refractivity contribution >= 4 is 24.0 Å². The second-order valence-corrected chi connectivity index (χ2v) is 9.66. The topological polar surface area (TPSA) is 178 Å². The van der Waals surface area contributed by atoms with Crippen molar-refractivity contribution in [3.05, 3.63) is 59.7 Å². The zero-order chi connectivity index (χ0) is 27.8. The standard InChI is InChI=1S/C27H35N5O6/c1-16(2)14-23(25(35)36)32(31-22(24(33)34)12-7-13-30-26(28)29)27(37)38-15-21-19-10-5-3-8-17(19)18-9-4-6-11-20(18)21/h3-6,8-11,16,21-23,31H,7,12-15H2,1-2H3,(H,33,34)(H,35,36)(H4,28,29,30)/t22-,23-/m0/s1. The summed E-state index contributed by atoms with van der Waals surface area (Å²) in [7, 11) is 0. The van der Waals surface area contributed by atoms with Crippen molar-refractivity contribution in [2.24, 2.45) is 11.7 Å². The Morgan fingerprint density at radius 2 is 1.61 bits per heavy atom. The van der Waals surface area contributed by atoms with Crippen LogP contribution < -0.4 is 16.5 Å².